The zero-order chi connectivity index (χ0) is 11.6. The molecule has 88 valence electrons. The van der Waals surface area contributed by atoms with Gasteiger partial charge in [0.1, 0.15) is 0 Å². The van der Waals surface area contributed by atoms with Gasteiger partial charge in [-0.3, -0.25) is 0 Å². The van der Waals surface area contributed by atoms with E-state index in [1.165, 1.54) is 12.8 Å². The fourth-order valence-corrected chi connectivity index (χ4v) is 2.42. The van der Waals surface area contributed by atoms with E-state index in [0.717, 1.165) is 28.8 Å². The van der Waals surface area contributed by atoms with Crippen LogP contribution in [0.5, 0.6) is 0 Å². The van der Waals surface area contributed by atoms with Crippen molar-refractivity contribution in [1.29, 1.82) is 0 Å². The van der Waals surface area contributed by atoms with Crippen molar-refractivity contribution in [2.24, 2.45) is 5.41 Å². The van der Waals surface area contributed by atoms with Gasteiger partial charge in [0.25, 0.3) is 0 Å². The first-order valence-electron chi connectivity index (χ1n) is 5.55. The van der Waals surface area contributed by atoms with Crippen molar-refractivity contribution in [2.45, 2.75) is 19.3 Å². The van der Waals surface area contributed by atoms with Gasteiger partial charge in [0, 0.05) is 29.0 Å². The molecule has 1 aromatic rings. The Morgan fingerprint density at radius 1 is 1.44 bits per heavy atom. The predicted octanol–water partition coefficient (Wildman–Crippen LogP) is 2.61. The maximum Gasteiger partial charge on any atom is 0.0486 e. The number of halogens is 1. The van der Waals surface area contributed by atoms with Crippen LogP contribution in [0, 0.1) is 5.41 Å². The number of hydrogen-bond donors (Lipinski definition) is 3. The van der Waals surface area contributed by atoms with Crippen molar-refractivity contribution >= 4 is 27.3 Å². The summed E-state index contributed by atoms with van der Waals surface area (Å²) in [6.45, 7) is 1.21. The lowest BCUT2D eigenvalue weighted by Crippen LogP contribution is -2.17. The minimum atomic E-state index is 0.282. The minimum absolute atomic E-state index is 0.282. The molecular formula is C12H17BrN2O. The van der Waals surface area contributed by atoms with Gasteiger partial charge >= 0.3 is 0 Å². The average Bonchev–Trinajstić information content (AvgIpc) is 2.98. The molecule has 0 amide bonds. The molecule has 0 radical (unpaired) electrons. The van der Waals surface area contributed by atoms with Crippen LogP contribution in [-0.4, -0.2) is 18.3 Å². The highest BCUT2D eigenvalue weighted by Crippen LogP contribution is 2.48. The van der Waals surface area contributed by atoms with Gasteiger partial charge in [-0.25, -0.2) is 0 Å². The van der Waals surface area contributed by atoms with E-state index in [0.29, 0.717) is 5.41 Å². The number of rotatable bonds is 5. The van der Waals surface area contributed by atoms with E-state index in [1.54, 1.807) is 0 Å². The second-order valence-electron chi connectivity index (χ2n) is 4.57. The summed E-state index contributed by atoms with van der Waals surface area (Å²) < 4.78 is 0.993. The molecule has 16 heavy (non-hydrogen) atoms. The highest BCUT2D eigenvalue weighted by Gasteiger charge is 2.41. The molecule has 1 aliphatic carbocycles. The first kappa shape index (κ1) is 11.7. The van der Waals surface area contributed by atoms with Crippen molar-refractivity contribution in [3.05, 3.63) is 22.7 Å². The minimum Gasteiger partial charge on any atom is -0.399 e. The zero-order valence-corrected chi connectivity index (χ0v) is 10.8. The Morgan fingerprint density at radius 2 is 2.19 bits per heavy atom. The van der Waals surface area contributed by atoms with Gasteiger partial charge in [-0.1, -0.05) is 0 Å². The fourth-order valence-electron chi connectivity index (χ4n) is 1.89. The molecule has 1 aromatic carbocycles. The first-order chi connectivity index (χ1) is 7.65. The van der Waals surface area contributed by atoms with Crippen molar-refractivity contribution < 1.29 is 5.11 Å². The smallest absolute Gasteiger partial charge is 0.0486 e. The Hall–Kier alpha value is -0.740. The maximum atomic E-state index is 8.98. The van der Waals surface area contributed by atoms with Gasteiger partial charge in [0.05, 0.1) is 0 Å². The van der Waals surface area contributed by atoms with Gasteiger partial charge in [0.2, 0.25) is 0 Å². The predicted molar refractivity (Wildman–Crippen MR) is 70.4 cm³/mol. The van der Waals surface area contributed by atoms with Gasteiger partial charge in [0.15, 0.2) is 0 Å². The molecule has 0 bridgehead atoms. The number of aliphatic hydroxyl groups is 1. The molecule has 4 heteroatoms. The summed E-state index contributed by atoms with van der Waals surface area (Å²) in [6.07, 6.45) is 3.33. The van der Waals surface area contributed by atoms with Crippen LogP contribution < -0.4 is 11.1 Å². The highest BCUT2D eigenvalue weighted by molar-refractivity contribution is 9.10. The van der Waals surface area contributed by atoms with Crippen LogP contribution in [0.3, 0.4) is 0 Å². The second kappa shape index (κ2) is 4.63. The van der Waals surface area contributed by atoms with Gasteiger partial charge in [-0.15, -0.1) is 0 Å². The summed E-state index contributed by atoms with van der Waals surface area (Å²) in [6, 6.07) is 5.76. The molecule has 0 atom stereocenters. The molecule has 0 saturated heterocycles. The van der Waals surface area contributed by atoms with Gasteiger partial charge < -0.3 is 16.2 Å². The molecule has 0 aliphatic heterocycles. The number of hydrogen-bond acceptors (Lipinski definition) is 3. The molecular weight excluding hydrogens is 268 g/mol. The van der Waals surface area contributed by atoms with E-state index < -0.39 is 0 Å². The monoisotopic (exact) mass is 284 g/mol. The van der Waals surface area contributed by atoms with E-state index in [2.05, 4.69) is 21.2 Å². The Kier molecular flexibility index (Phi) is 3.40. The van der Waals surface area contributed by atoms with E-state index in [1.807, 2.05) is 18.2 Å². The molecule has 0 heterocycles. The maximum absolute atomic E-state index is 8.98. The molecule has 3 nitrogen and oxygen atoms in total. The van der Waals surface area contributed by atoms with Crippen LogP contribution in [0.25, 0.3) is 0 Å². The van der Waals surface area contributed by atoms with Crippen molar-refractivity contribution in [3.8, 4) is 0 Å². The topological polar surface area (TPSA) is 58.3 Å². The molecule has 0 unspecified atom stereocenters. The van der Waals surface area contributed by atoms with Crippen molar-refractivity contribution in [1.82, 2.24) is 0 Å². The average molecular weight is 285 g/mol. The second-order valence-corrected chi connectivity index (χ2v) is 5.42. The summed E-state index contributed by atoms with van der Waals surface area (Å²) in [4.78, 5) is 0. The number of benzene rings is 1. The quantitative estimate of drug-likeness (QED) is 0.729. The third-order valence-electron chi connectivity index (χ3n) is 3.25. The Labute approximate surface area is 104 Å². The van der Waals surface area contributed by atoms with Crippen molar-refractivity contribution in [2.75, 3.05) is 24.2 Å². The standard InChI is InChI=1S/C12H17BrN2O/c13-10-7-9(14)1-2-11(10)15-8-12(3-4-12)5-6-16/h1-2,7,15-16H,3-6,8,14H2. The Morgan fingerprint density at radius 3 is 2.75 bits per heavy atom. The van der Waals surface area contributed by atoms with Crippen LogP contribution in [0.4, 0.5) is 11.4 Å². The van der Waals surface area contributed by atoms with Gasteiger partial charge in [-0.05, 0) is 58.8 Å². The van der Waals surface area contributed by atoms with Crippen molar-refractivity contribution in [3.63, 3.8) is 0 Å². The largest absolute Gasteiger partial charge is 0.399 e. The molecule has 1 saturated carbocycles. The molecule has 4 N–H and O–H groups in total. The zero-order valence-electron chi connectivity index (χ0n) is 9.17. The number of aliphatic hydroxyl groups excluding tert-OH is 1. The highest BCUT2D eigenvalue weighted by atomic mass is 79.9. The molecule has 1 fully saturated rings. The third kappa shape index (κ3) is 2.68. The third-order valence-corrected chi connectivity index (χ3v) is 3.90. The summed E-state index contributed by atoms with van der Waals surface area (Å²) >= 11 is 3.48. The van der Waals surface area contributed by atoms with Crippen LogP contribution in [0.15, 0.2) is 22.7 Å². The first-order valence-corrected chi connectivity index (χ1v) is 6.34. The lowest BCUT2D eigenvalue weighted by molar-refractivity contribution is 0.253. The summed E-state index contributed by atoms with van der Waals surface area (Å²) in [5, 5.41) is 12.4. The van der Waals surface area contributed by atoms with E-state index in [9.17, 15) is 0 Å². The number of nitrogen functional groups attached to an aromatic ring is 1. The van der Waals surface area contributed by atoms with E-state index in [-0.39, 0.29) is 6.61 Å². The SMILES string of the molecule is Nc1ccc(NCC2(CCO)CC2)c(Br)c1. The Balaban J connectivity index is 1.94. The van der Waals surface area contributed by atoms with E-state index >= 15 is 0 Å². The normalized spacial score (nSPS) is 17.1. The fraction of sp³-hybridized carbons (Fsp3) is 0.500. The van der Waals surface area contributed by atoms with Crippen LogP contribution in [0.1, 0.15) is 19.3 Å². The van der Waals surface area contributed by atoms with E-state index in [4.69, 9.17) is 10.8 Å². The summed E-state index contributed by atoms with van der Waals surface area (Å²) in [7, 11) is 0. The van der Waals surface area contributed by atoms with Gasteiger partial charge in [-0.2, -0.15) is 0 Å². The molecule has 0 spiro atoms. The summed E-state index contributed by atoms with van der Waals surface area (Å²) in [5.41, 5.74) is 7.83. The molecule has 1 aliphatic rings. The number of anilines is 2. The lowest BCUT2D eigenvalue weighted by Gasteiger charge is -2.16. The Bertz CT molecular complexity index is 377. The molecule has 0 aromatic heterocycles. The van der Waals surface area contributed by atoms with Crippen LogP contribution in [0.2, 0.25) is 0 Å². The lowest BCUT2D eigenvalue weighted by atomic mass is 10.0. The molecule has 2 rings (SSSR count). The van der Waals surface area contributed by atoms with Crippen LogP contribution >= 0.6 is 15.9 Å². The number of nitrogens with one attached hydrogen (secondary N) is 1. The van der Waals surface area contributed by atoms with Crippen LogP contribution in [-0.2, 0) is 0 Å². The number of nitrogens with two attached hydrogens (primary N) is 1. The summed E-state index contributed by atoms with van der Waals surface area (Å²) in [5.74, 6) is 0.